The summed E-state index contributed by atoms with van der Waals surface area (Å²) in [5.74, 6) is 0.706. The Balaban J connectivity index is 1.80. The van der Waals surface area contributed by atoms with Crippen LogP contribution in [0.3, 0.4) is 0 Å². The van der Waals surface area contributed by atoms with Crippen molar-refractivity contribution in [3.63, 3.8) is 0 Å². The molecule has 4 nitrogen and oxygen atoms in total. The van der Waals surface area contributed by atoms with Gasteiger partial charge in [0.25, 0.3) is 0 Å². The number of rotatable bonds is 0. The molecule has 0 aromatic carbocycles. The maximum atomic E-state index is 4.77. The topological polar surface area (TPSA) is 48.5 Å². The molecule has 2 rings (SSSR count). The highest BCUT2D eigenvalue weighted by atomic mass is 15.0. The Morgan fingerprint density at radius 1 is 0.882 bits per heavy atom. The zero-order valence-electron chi connectivity index (χ0n) is 10.8. The molecule has 0 aromatic rings. The molecule has 4 heteroatoms. The third-order valence-electron chi connectivity index (χ3n) is 3.64. The lowest BCUT2D eigenvalue weighted by atomic mass is 10.1. The lowest BCUT2D eigenvalue weighted by Crippen LogP contribution is -2.34. The first-order valence-corrected chi connectivity index (χ1v) is 7.12. The van der Waals surface area contributed by atoms with Crippen molar-refractivity contribution in [1.82, 2.24) is 16.0 Å². The number of nitrogens with one attached hydrogen (secondary N) is 3. The van der Waals surface area contributed by atoms with Crippen molar-refractivity contribution < 1.29 is 0 Å². The summed E-state index contributed by atoms with van der Waals surface area (Å²) >= 11 is 0. The lowest BCUT2D eigenvalue weighted by Gasteiger charge is -2.14. The van der Waals surface area contributed by atoms with E-state index < -0.39 is 0 Å². The minimum Gasteiger partial charge on any atom is -0.315 e. The number of fused-ring (bicyclic) bond motifs is 1. The summed E-state index contributed by atoms with van der Waals surface area (Å²) < 4.78 is 0. The van der Waals surface area contributed by atoms with Crippen molar-refractivity contribution in [1.29, 1.82) is 0 Å². The van der Waals surface area contributed by atoms with Crippen molar-refractivity contribution in [2.45, 2.75) is 25.7 Å². The summed E-state index contributed by atoms with van der Waals surface area (Å²) in [6.45, 7) is 7.49. The Labute approximate surface area is 105 Å². The van der Waals surface area contributed by atoms with Crippen LogP contribution in [0.25, 0.3) is 0 Å². The van der Waals surface area contributed by atoms with Crippen LogP contribution < -0.4 is 16.0 Å². The van der Waals surface area contributed by atoms with E-state index in [1.54, 1.807) is 0 Å². The molecule has 1 unspecified atom stereocenters. The van der Waals surface area contributed by atoms with Gasteiger partial charge in [-0.25, -0.2) is 0 Å². The van der Waals surface area contributed by atoms with Gasteiger partial charge in [-0.15, -0.1) is 0 Å². The zero-order valence-corrected chi connectivity index (χ0v) is 10.8. The largest absolute Gasteiger partial charge is 0.315 e. The van der Waals surface area contributed by atoms with Crippen LogP contribution >= 0.6 is 0 Å². The number of nitrogens with zero attached hydrogens (tertiary/aromatic N) is 1. The van der Waals surface area contributed by atoms with Gasteiger partial charge >= 0.3 is 0 Å². The Bertz CT molecular complexity index is 240. The van der Waals surface area contributed by atoms with Gasteiger partial charge in [0.15, 0.2) is 0 Å². The van der Waals surface area contributed by atoms with Crippen molar-refractivity contribution in [2.75, 3.05) is 45.8 Å². The van der Waals surface area contributed by atoms with Gasteiger partial charge < -0.3 is 16.0 Å². The van der Waals surface area contributed by atoms with Crippen LogP contribution in [0.1, 0.15) is 25.7 Å². The van der Waals surface area contributed by atoms with Gasteiger partial charge in [0, 0.05) is 37.8 Å². The first-order valence-electron chi connectivity index (χ1n) is 7.12. The second-order valence-corrected chi connectivity index (χ2v) is 5.02. The fourth-order valence-corrected chi connectivity index (χ4v) is 2.65. The minimum absolute atomic E-state index is 0.706. The molecule has 0 spiro atoms. The summed E-state index contributed by atoms with van der Waals surface area (Å²) in [4.78, 5) is 4.77. The summed E-state index contributed by atoms with van der Waals surface area (Å²) in [5, 5.41) is 10.5. The summed E-state index contributed by atoms with van der Waals surface area (Å²) in [6, 6.07) is 0. The first-order chi connectivity index (χ1) is 8.47. The first kappa shape index (κ1) is 13.0. The molecule has 0 bridgehead atoms. The van der Waals surface area contributed by atoms with Gasteiger partial charge in [0.05, 0.1) is 6.54 Å². The van der Waals surface area contributed by atoms with E-state index >= 15 is 0 Å². The Morgan fingerprint density at radius 2 is 1.71 bits per heavy atom. The normalized spacial score (nSPS) is 29.2. The molecule has 98 valence electrons. The molecule has 2 aliphatic rings. The molecule has 1 aliphatic carbocycles. The molecule has 17 heavy (non-hydrogen) atoms. The fourth-order valence-electron chi connectivity index (χ4n) is 2.65. The molecule has 3 N–H and O–H groups in total. The average Bonchev–Trinajstić information content (AvgIpc) is 2.78. The standard InChI is InChI=1S/C13H26N4/c1-3-12-11-16-8-7-14-5-2-6-15-9-10-17-13(12)4-1/h12,14-16H,1-11H2. The van der Waals surface area contributed by atoms with E-state index in [0.29, 0.717) is 5.92 Å². The second-order valence-electron chi connectivity index (χ2n) is 5.02. The SMILES string of the molecule is C1CNCCN=C2CCCC2CNCCNC1. The molecule has 1 heterocycles. The van der Waals surface area contributed by atoms with Gasteiger partial charge in [-0.2, -0.15) is 0 Å². The van der Waals surface area contributed by atoms with Gasteiger partial charge in [-0.1, -0.05) is 0 Å². The van der Waals surface area contributed by atoms with Crippen LogP contribution in [-0.4, -0.2) is 51.5 Å². The molecule has 1 fully saturated rings. The molecule has 0 saturated heterocycles. The van der Waals surface area contributed by atoms with Crippen LogP contribution in [0.2, 0.25) is 0 Å². The Kier molecular flexibility index (Phi) is 5.96. The van der Waals surface area contributed by atoms with E-state index in [1.165, 1.54) is 31.4 Å². The molecule has 1 saturated carbocycles. The minimum atomic E-state index is 0.706. The van der Waals surface area contributed by atoms with Crippen LogP contribution in [0.5, 0.6) is 0 Å². The second kappa shape index (κ2) is 7.80. The van der Waals surface area contributed by atoms with E-state index in [4.69, 9.17) is 4.99 Å². The maximum absolute atomic E-state index is 4.77. The summed E-state index contributed by atoms with van der Waals surface area (Å²) in [6.07, 6.45) is 5.09. The molecule has 1 atom stereocenters. The maximum Gasteiger partial charge on any atom is 0.0513 e. The molecule has 0 aromatic heterocycles. The highest BCUT2D eigenvalue weighted by molar-refractivity contribution is 5.88. The van der Waals surface area contributed by atoms with Crippen molar-refractivity contribution in [2.24, 2.45) is 10.9 Å². The predicted molar refractivity (Wildman–Crippen MR) is 72.9 cm³/mol. The van der Waals surface area contributed by atoms with Crippen molar-refractivity contribution in [3.05, 3.63) is 0 Å². The quantitative estimate of drug-likeness (QED) is 0.572. The summed E-state index contributed by atoms with van der Waals surface area (Å²) in [5.41, 5.74) is 1.46. The van der Waals surface area contributed by atoms with Crippen molar-refractivity contribution in [3.8, 4) is 0 Å². The zero-order chi connectivity index (χ0) is 11.8. The predicted octanol–water partition coefficient (Wildman–Crippen LogP) is 0.400. The number of hydrogen-bond acceptors (Lipinski definition) is 4. The lowest BCUT2D eigenvalue weighted by molar-refractivity contribution is 0.536. The Morgan fingerprint density at radius 3 is 2.65 bits per heavy atom. The number of hydrogen-bond donors (Lipinski definition) is 3. The highest BCUT2D eigenvalue weighted by Gasteiger charge is 2.21. The fraction of sp³-hybridized carbons (Fsp3) is 0.923. The summed E-state index contributed by atoms with van der Waals surface area (Å²) in [7, 11) is 0. The third kappa shape index (κ3) is 4.74. The van der Waals surface area contributed by atoms with Crippen LogP contribution in [-0.2, 0) is 0 Å². The van der Waals surface area contributed by atoms with Crippen LogP contribution in [0, 0.1) is 5.92 Å². The van der Waals surface area contributed by atoms with Crippen molar-refractivity contribution >= 4 is 5.71 Å². The van der Waals surface area contributed by atoms with Gasteiger partial charge in [0.2, 0.25) is 0 Å². The molecule has 0 amide bonds. The smallest absolute Gasteiger partial charge is 0.0513 e. The van der Waals surface area contributed by atoms with Crippen LogP contribution in [0.15, 0.2) is 4.99 Å². The molecule has 1 aliphatic heterocycles. The molecule has 0 radical (unpaired) electrons. The molecular formula is C13H26N4. The Hall–Kier alpha value is -0.450. The van der Waals surface area contributed by atoms with E-state index in [0.717, 1.165) is 45.8 Å². The number of aliphatic imine (C=N–C) groups is 1. The van der Waals surface area contributed by atoms with E-state index in [1.807, 2.05) is 0 Å². The van der Waals surface area contributed by atoms with Gasteiger partial charge in [-0.05, 0) is 38.8 Å². The monoisotopic (exact) mass is 238 g/mol. The van der Waals surface area contributed by atoms with Crippen LogP contribution in [0.4, 0.5) is 0 Å². The molecular weight excluding hydrogens is 212 g/mol. The highest BCUT2D eigenvalue weighted by Crippen LogP contribution is 2.22. The van der Waals surface area contributed by atoms with Gasteiger partial charge in [0.1, 0.15) is 0 Å². The van der Waals surface area contributed by atoms with E-state index in [2.05, 4.69) is 16.0 Å². The van der Waals surface area contributed by atoms with E-state index in [-0.39, 0.29) is 0 Å². The van der Waals surface area contributed by atoms with E-state index in [9.17, 15) is 0 Å². The van der Waals surface area contributed by atoms with Gasteiger partial charge in [-0.3, -0.25) is 4.99 Å². The average molecular weight is 238 g/mol. The third-order valence-corrected chi connectivity index (χ3v) is 3.64.